The molecule has 3 aromatic heterocycles. The van der Waals surface area contributed by atoms with Crippen molar-refractivity contribution in [3.8, 4) is 33.6 Å². The maximum absolute atomic E-state index is 6.44. The summed E-state index contributed by atoms with van der Waals surface area (Å²) in [6, 6.07) is 52.9. The van der Waals surface area contributed by atoms with Gasteiger partial charge in [0.25, 0.3) is 0 Å². The molecule has 3 nitrogen and oxygen atoms in total. The number of fused-ring (bicyclic) bond motifs is 3. The number of aromatic nitrogens is 2. The van der Waals surface area contributed by atoms with Crippen molar-refractivity contribution in [1.82, 2.24) is 9.97 Å². The van der Waals surface area contributed by atoms with E-state index in [1.165, 1.54) is 21.9 Å². The van der Waals surface area contributed by atoms with Crippen molar-refractivity contribution in [2.24, 2.45) is 0 Å². The van der Waals surface area contributed by atoms with Crippen molar-refractivity contribution < 1.29 is 24.5 Å². The van der Waals surface area contributed by atoms with E-state index in [4.69, 9.17) is 9.40 Å². The number of pyridine rings is 2. The fraction of sp³-hybridized carbons (Fsp3) is 0.149. The van der Waals surface area contributed by atoms with E-state index in [0.717, 1.165) is 55.6 Å². The SMILES string of the molecule is CC(C)(c1ccccc1)c1ccnc(-c2[c-]cc(-c3ccccc3)c3c2oc2ccccc23)c1.Cc1c[c-]c(-c2ccc([Si](C)(C)C)cn2)cc1.[Ir]. The van der Waals surface area contributed by atoms with Crippen LogP contribution in [0.4, 0.5) is 0 Å². The summed E-state index contributed by atoms with van der Waals surface area (Å²) in [6.45, 7) is 13.6. The molecule has 3 heterocycles. The van der Waals surface area contributed by atoms with Crippen molar-refractivity contribution in [1.29, 1.82) is 0 Å². The van der Waals surface area contributed by atoms with Crippen LogP contribution >= 0.6 is 0 Å². The number of rotatable bonds is 6. The van der Waals surface area contributed by atoms with Crippen molar-refractivity contribution in [3.63, 3.8) is 0 Å². The summed E-state index contributed by atoms with van der Waals surface area (Å²) in [4.78, 5) is 9.30. The minimum atomic E-state index is -1.24. The standard InChI is InChI=1S/C32H24NO.C15H18NSi.Ir/c1-32(2,23-13-7-4-8-14-23)24-19-20-33-28(21-24)26-18-17-25(22-11-5-3-6-12-22)30-27-15-9-10-16-29(27)34-31(26)30;1-12-5-7-13(8-6-12)15-10-9-14(11-16-15)17(2,3)4;/h3-17,19-21H,1-2H3;5-7,9-11H,1-4H3;/q2*-1;. The molecule has 0 unspecified atom stereocenters. The molecule has 0 aliphatic carbocycles. The van der Waals surface area contributed by atoms with Gasteiger partial charge in [0.15, 0.2) is 0 Å². The zero-order valence-corrected chi connectivity index (χ0v) is 33.9. The Morgan fingerprint density at radius 3 is 2.06 bits per heavy atom. The predicted octanol–water partition coefficient (Wildman–Crippen LogP) is 11.8. The molecule has 0 saturated heterocycles. The summed E-state index contributed by atoms with van der Waals surface area (Å²) in [5.74, 6) is 0. The largest absolute Gasteiger partial charge is 0.501 e. The van der Waals surface area contributed by atoms with Crippen LogP contribution in [-0.2, 0) is 25.5 Å². The Balaban J connectivity index is 0.000000218. The molecule has 1 radical (unpaired) electrons. The van der Waals surface area contributed by atoms with Crippen LogP contribution in [0.1, 0.15) is 30.5 Å². The van der Waals surface area contributed by atoms with Gasteiger partial charge in [-0.1, -0.05) is 154 Å². The smallest absolute Gasteiger partial charge is 0.120 e. The second kappa shape index (κ2) is 15.4. The third-order valence-electron chi connectivity index (χ3n) is 9.64. The molecule has 8 aromatic rings. The Bertz CT molecular complexity index is 2410. The number of aryl methyl sites for hydroxylation is 1. The Labute approximate surface area is 322 Å². The Kier molecular flexibility index (Phi) is 10.9. The summed E-state index contributed by atoms with van der Waals surface area (Å²) >= 11 is 0. The van der Waals surface area contributed by atoms with Gasteiger partial charge in [-0.2, -0.15) is 0 Å². The van der Waals surface area contributed by atoms with Crippen LogP contribution in [0.15, 0.2) is 150 Å². The topological polar surface area (TPSA) is 38.9 Å². The van der Waals surface area contributed by atoms with Gasteiger partial charge in [0.1, 0.15) is 5.58 Å². The average molecular weight is 871 g/mol. The third-order valence-corrected chi connectivity index (χ3v) is 11.7. The maximum atomic E-state index is 6.44. The van der Waals surface area contributed by atoms with Gasteiger partial charge < -0.3 is 14.4 Å². The molecule has 0 aliphatic rings. The van der Waals surface area contributed by atoms with E-state index < -0.39 is 8.07 Å². The van der Waals surface area contributed by atoms with Crippen molar-refractivity contribution in [2.75, 3.05) is 0 Å². The Hall–Kier alpha value is -4.93. The Morgan fingerprint density at radius 2 is 1.38 bits per heavy atom. The summed E-state index contributed by atoms with van der Waals surface area (Å²) < 4.78 is 6.44. The maximum Gasteiger partial charge on any atom is 0.120 e. The number of benzene rings is 5. The van der Waals surface area contributed by atoms with E-state index in [-0.39, 0.29) is 25.5 Å². The molecule has 0 N–H and O–H groups in total. The van der Waals surface area contributed by atoms with Gasteiger partial charge in [-0.15, -0.1) is 47.5 Å². The quantitative estimate of drug-likeness (QED) is 0.123. The van der Waals surface area contributed by atoms with Crippen LogP contribution in [-0.4, -0.2) is 18.0 Å². The molecule has 0 aliphatic heterocycles. The molecule has 0 fully saturated rings. The molecule has 52 heavy (non-hydrogen) atoms. The first-order chi connectivity index (χ1) is 24.6. The minimum absolute atomic E-state index is 0. The molecule has 8 rings (SSSR count). The van der Waals surface area contributed by atoms with Crippen LogP contribution in [0.2, 0.25) is 19.6 Å². The first kappa shape index (κ1) is 36.8. The number of hydrogen-bond acceptors (Lipinski definition) is 3. The first-order valence-electron chi connectivity index (χ1n) is 17.5. The predicted molar refractivity (Wildman–Crippen MR) is 216 cm³/mol. The van der Waals surface area contributed by atoms with E-state index in [1.807, 2.05) is 36.7 Å². The van der Waals surface area contributed by atoms with E-state index in [9.17, 15) is 0 Å². The first-order valence-corrected chi connectivity index (χ1v) is 21.0. The van der Waals surface area contributed by atoms with E-state index >= 15 is 0 Å². The normalized spacial score (nSPS) is 11.5. The molecule has 5 aromatic carbocycles. The summed E-state index contributed by atoms with van der Waals surface area (Å²) in [6.07, 6.45) is 3.91. The van der Waals surface area contributed by atoms with Gasteiger partial charge in [0, 0.05) is 43.3 Å². The fourth-order valence-electron chi connectivity index (χ4n) is 6.44. The Morgan fingerprint density at radius 1 is 0.673 bits per heavy atom. The van der Waals surface area contributed by atoms with E-state index in [1.54, 1.807) is 0 Å². The fourth-order valence-corrected chi connectivity index (χ4v) is 7.48. The molecule has 0 bridgehead atoms. The molecule has 0 atom stereocenters. The van der Waals surface area contributed by atoms with Gasteiger partial charge in [-0.3, -0.25) is 0 Å². The molecule has 261 valence electrons. The van der Waals surface area contributed by atoms with Gasteiger partial charge in [0.2, 0.25) is 0 Å². The second-order valence-corrected chi connectivity index (χ2v) is 19.7. The second-order valence-electron chi connectivity index (χ2n) is 14.6. The molecule has 0 saturated carbocycles. The zero-order chi connectivity index (χ0) is 35.6. The summed E-state index contributed by atoms with van der Waals surface area (Å²) in [5.41, 5.74) is 11.3. The van der Waals surface area contributed by atoms with Crippen LogP contribution < -0.4 is 5.19 Å². The molecule has 5 heteroatoms. The van der Waals surface area contributed by atoms with Crippen LogP contribution in [0, 0.1) is 19.1 Å². The zero-order valence-electron chi connectivity index (χ0n) is 30.5. The van der Waals surface area contributed by atoms with Gasteiger partial charge in [-0.25, -0.2) is 0 Å². The molecular formula is C47H42IrN2OSi-2. The molecular weight excluding hydrogens is 829 g/mol. The number of hydrogen-bond donors (Lipinski definition) is 0. The number of para-hydroxylation sites is 1. The minimum Gasteiger partial charge on any atom is -0.501 e. The number of furan rings is 1. The van der Waals surface area contributed by atoms with Crippen LogP contribution in [0.5, 0.6) is 0 Å². The van der Waals surface area contributed by atoms with Gasteiger partial charge in [0.05, 0.1) is 13.7 Å². The van der Waals surface area contributed by atoms with Crippen LogP contribution in [0.3, 0.4) is 0 Å². The van der Waals surface area contributed by atoms with Gasteiger partial charge in [-0.05, 0) is 45.2 Å². The average Bonchev–Trinajstić information content (AvgIpc) is 3.55. The third kappa shape index (κ3) is 7.63. The summed E-state index contributed by atoms with van der Waals surface area (Å²) in [5, 5.41) is 3.60. The van der Waals surface area contributed by atoms with E-state index in [0.29, 0.717) is 0 Å². The molecule has 0 amide bonds. The van der Waals surface area contributed by atoms with Crippen molar-refractivity contribution in [3.05, 3.63) is 175 Å². The number of nitrogens with zero attached hydrogens (tertiary/aromatic N) is 2. The van der Waals surface area contributed by atoms with Crippen molar-refractivity contribution in [2.45, 2.75) is 45.8 Å². The van der Waals surface area contributed by atoms with Crippen molar-refractivity contribution >= 4 is 35.2 Å². The molecule has 0 spiro atoms. The van der Waals surface area contributed by atoms with Crippen LogP contribution in [0.25, 0.3) is 55.6 Å². The van der Waals surface area contributed by atoms with Gasteiger partial charge >= 0.3 is 0 Å². The summed E-state index contributed by atoms with van der Waals surface area (Å²) in [7, 11) is -1.24. The van der Waals surface area contributed by atoms with E-state index in [2.05, 4.69) is 167 Å². The monoisotopic (exact) mass is 871 g/mol.